The van der Waals surface area contributed by atoms with E-state index in [0.29, 0.717) is 24.7 Å². The zero-order valence-electron chi connectivity index (χ0n) is 17.4. The van der Waals surface area contributed by atoms with Crippen LogP contribution in [-0.4, -0.2) is 38.3 Å². The molecule has 4 aliphatic carbocycles. The van der Waals surface area contributed by atoms with Gasteiger partial charge < -0.3 is 5.32 Å². The molecule has 5 nitrogen and oxygen atoms in total. The number of carbonyl (C=O) groups is 1. The SMILES string of the molecule is O=C(NCC12CC3CC(CC(C3)C1)C2)c1cc(S(=O)(=O)N2CCCCC2)ccc1Cl. The minimum absolute atomic E-state index is 0.161. The molecule has 30 heavy (non-hydrogen) atoms. The summed E-state index contributed by atoms with van der Waals surface area (Å²) in [6.07, 6.45) is 10.6. The Morgan fingerprint density at radius 1 is 1.03 bits per heavy atom. The second-order valence-electron chi connectivity index (χ2n) is 10.2. The molecule has 164 valence electrons. The van der Waals surface area contributed by atoms with Crippen molar-refractivity contribution in [1.82, 2.24) is 9.62 Å². The van der Waals surface area contributed by atoms with Gasteiger partial charge in [0.05, 0.1) is 15.5 Å². The van der Waals surface area contributed by atoms with E-state index < -0.39 is 10.0 Å². The Kier molecular flexibility index (Phi) is 5.39. The van der Waals surface area contributed by atoms with E-state index >= 15 is 0 Å². The molecule has 0 atom stereocenters. The summed E-state index contributed by atoms with van der Waals surface area (Å²) < 4.78 is 27.5. The molecule has 1 aromatic carbocycles. The fraction of sp³-hybridized carbons (Fsp3) is 0.696. The van der Waals surface area contributed by atoms with Crippen molar-refractivity contribution in [1.29, 1.82) is 0 Å². The first-order valence-electron chi connectivity index (χ1n) is 11.4. The summed E-state index contributed by atoms with van der Waals surface area (Å²) in [5, 5.41) is 3.42. The van der Waals surface area contributed by atoms with Crippen LogP contribution >= 0.6 is 11.6 Å². The molecule has 4 bridgehead atoms. The van der Waals surface area contributed by atoms with Gasteiger partial charge >= 0.3 is 0 Å². The molecule has 1 N–H and O–H groups in total. The minimum Gasteiger partial charge on any atom is -0.351 e. The van der Waals surface area contributed by atoms with Gasteiger partial charge in [-0.3, -0.25) is 4.79 Å². The average molecular weight is 451 g/mol. The van der Waals surface area contributed by atoms with Gasteiger partial charge in [-0.05, 0) is 92.7 Å². The standard InChI is InChI=1S/C23H31ClN2O3S/c24-21-5-4-19(30(28,29)26-6-2-1-3-7-26)11-20(21)22(27)25-15-23-12-16-8-17(13-23)10-18(9-16)14-23/h4-5,11,16-18H,1-3,6-10,12-15H2,(H,25,27). The predicted octanol–water partition coefficient (Wildman–Crippen LogP) is 4.46. The first kappa shape index (κ1) is 20.8. The van der Waals surface area contributed by atoms with E-state index in [1.54, 1.807) is 0 Å². The molecule has 5 aliphatic rings. The molecule has 1 aliphatic heterocycles. The Labute approximate surface area is 184 Å². The van der Waals surface area contributed by atoms with Crippen molar-refractivity contribution < 1.29 is 13.2 Å². The van der Waals surface area contributed by atoms with Crippen LogP contribution in [0, 0.1) is 23.2 Å². The summed E-state index contributed by atoms with van der Waals surface area (Å²) in [5.74, 6) is 2.23. The molecule has 6 rings (SSSR count). The van der Waals surface area contributed by atoms with E-state index in [1.165, 1.54) is 61.0 Å². The third-order valence-electron chi connectivity index (χ3n) is 7.92. The monoisotopic (exact) mass is 450 g/mol. The lowest BCUT2D eigenvalue weighted by Crippen LogP contribution is -2.51. The van der Waals surface area contributed by atoms with Crippen LogP contribution in [0.5, 0.6) is 0 Å². The van der Waals surface area contributed by atoms with E-state index in [0.717, 1.165) is 37.0 Å². The third-order valence-corrected chi connectivity index (χ3v) is 10.1. The molecule has 0 radical (unpaired) electrons. The van der Waals surface area contributed by atoms with Crippen LogP contribution in [0.4, 0.5) is 0 Å². The van der Waals surface area contributed by atoms with Crippen LogP contribution in [0.2, 0.25) is 5.02 Å². The Morgan fingerprint density at radius 3 is 2.23 bits per heavy atom. The lowest BCUT2D eigenvalue weighted by molar-refractivity contribution is -0.0503. The highest BCUT2D eigenvalue weighted by Gasteiger charge is 2.50. The lowest BCUT2D eigenvalue weighted by Gasteiger charge is -2.56. The van der Waals surface area contributed by atoms with Gasteiger partial charge in [0, 0.05) is 19.6 Å². The number of nitrogens with one attached hydrogen (secondary N) is 1. The Morgan fingerprint density at radius 2 is 1.63 bits per heavy atom. The molecule has 1 heterocycles. The van der Waals surface area contributed by atoms with E-state index in [2.05, 4.69) is 5.32 Å². The van der Waals surface area contributed by atoms with Gasteiger partial charge in [-0.2, -0.15) is 4.31 Å². The van der Waals surface area contributed by atoms with Gasteiger partial charge in [-0.1, -0.05) is 18.0 Å². The predicted molar refractivity (Wildman–Crippen MR) is 117 cm³/mol. The van der Waals surface area contributed by atoms with Crippen molar-refractivity contribution in [2.75, 3.05) is 19.6 Å². The van der Waals surface area contributed by atoms with Crippen molar-refractivity contribution in [2.24, 2.45) is 23.2 Å². The molecule has 7 heteroatoms. The van der Waals surface area contributed by atoms with Gasteiger partial charge in [0.15, 0.2) is 0 Å². The molecular weight excluding hydrogens is 420 g/mol. The van der Waals surface area contributed by atoms with Gasteiger partial charge in [0.2, 0.25) is 10.0 Å². The molecule has 5 fully saturated rings. The summed E-state index contributed by atoms with van der Waals surface area (Å²) in [5.41, 5.74) is 0.494. The maximum Gasteiger partial charge on any atom is 0.252 e. The minimum atomic E-state index is -3.59. The quantitative estimate of drug-likeness (QED) is 0.720. The summed E-state index contributed by atoms with van der Waals surface area (Å²) in [6.45, 7) is 1.76. The van der Waals surface area contributed by atoms with Crippen molar-refractivity contribution in [3.63, 3.8) is 0 Å². The number of nitrogens with zero attached hydrogens (tertiary/aromatic N) is 1. The lowest BCUT2D eigenvalue weighted by atomic mass is 9.49. The Bertz CT molecular complexity index is 904. The zero-order chi connectivity index (χ0) is 20.9. The number of amides is 1. The van der Waals surface area contributed by atoms with Crippen LogP contribution in [0.3, 0.4) is 0 Å². The molecule has 0 spiro atoms. The van der Waals surface area contributed by atoms with Crippen LogP contribution < -0.4 is 5.32 Å². The number of hydrogen-bond acceptors (Lipinski definition) is 3. The first-order valence-corrected chi connectivity index (χ1v) is 13.2. The number of rotatable bonds is 5. The van der Waals surface area contributed by atoms with Crippen LogP contribution in [0.1, 0.15) is 68.1 Å². The molecule has 1 amide bonds. The Hall–Kier alpha value is -1.11. The van der Waals surface area contributed by atoms with Crippen molar-refractivity contribution in [3.8, 4) is 0 Å². The largest absolute Gasteiger partial charge is 0.351 e. The first-order chi connectivity index (χ1) is 14.3. The zero-order valence-corrected chi connectivity index (χ0v) is 19.0. The maximum atomic E-state index is 13.0. The molecule has 4 saturated carbocycles. The van der Waals surface area contributed by atoms with Crippen molar-refractivity contribution in [3.05, 3.63) is 28.8 Å². The summed E-state index contributed by atoms with van der Waals surface area (Å²) >= 11 is 6.31. The van der Waals surface area contributed by atoms with E-state index in [1.807, 2.05) is 0 Å². The second-order valence-corrected chi connectivity index (χ2v) is 12.6. The van der Waals surface area contributed by atoms with E-state index in [-0.39, 0.29) is 21.8 Å². The third kappa shape index (κ3) is 3.80. The highest BCUT2D eigenvalue weighted by molar-refractivity contribution is 7.89. The van der Waals surface area contributed by atoms with E-state index in [9.17, 15) is 13.2 Å². The topological polar surface area (TPSA) is 66.5 Å². The highest BCUT2D eigenvalue weighted by Crippen LogP contribution is 2.59. The maximum absolute atomic E-state index is 13.0. The smallest absolute Gasteiger partial charge is 0.252 e. The highest BCUT2D eigenvalue weighted by atomic mass is 35.5. The van der Waals surface area contributed by atoms with Gasteiger partial charge in [-0.25, -0.2) is 8.42 Å². The van der Waals surface area contributed by atoms with Gasteiger partial charge in [-0.15, -0.1) is 0 Å². The average Bonchev–Trinajstić information content (AvgIpc) is 2.72. The number of carbonyl (C=O) groups excluding carboxylic acids is 1. The van der Waals surface area contributed by atoms with Gasteiger partial charge in [0.25, 0.3) is 5.91 Å². The number of piperidine rings is 1. The number of benzene rings is 1. The number of hydrogen-bond donors (Lipinski definition) is 1. The van der Waals surface area contributed by atoms with Crippen LogP contribution in [-0.2, 0) is 10.0 Å². The fourth-order valence-corrected chi connectivity index (χ4v) is 8.71. The molecule has 0 unspecified atom stereocenters. The van der Waals surface area contributed by atoms with E-state index in [4.69, 9.17) is 11.6 Å². The number of sulfonamides is 1. The fourth-order valence-electron chi connectivity index (χ4n) is 6.96. The summed E-state index contributed by atoms with van der Waals surface area (Å²) in [6, 6.07) is 4.52. The van der Waals surface area contributed by atoms with Gasteiger partial charge in [0.1, 0.15) is 0 Å². The Balaban J connectivity index is 1.32. The normalized spacial score (nSPS) is 33.6. The van der Waals surface area contributed by atoms with Crippen LogP contribution in [0.25, 0.3) is 0 Å². The summed E-state index contributed by atoms with van der Waals surface area (Å²) in [7, 11) is -3.59. The van der Waals surface area contributed by atoms with Crippen LogP contribution in [0.15, 0.2) is 23.1 Å². The molecule has 0 aromatic heterocycles. The van der Waals surface area contributed by atoms with Crippen molar-refractivity contribution in [2.45, 2.75) is 62.7 Å². The second kappa shape index (κ2) is 7.79. The molecular formula is C23H31ClN2O3S. The molecule has 1 aromatic rings. The number of halogens is 1. The summed E-state index contributed by atoms with van der Waals surface area (Å²) in [4.78, 5) is 13.2. The molecule has 1 saturated heterocycles. The van der Waals surface area contributed by atoms with Crippen molar-refractivity contribution >= 4 is 27.5 Å².